The number of carbonyl (C=O) groups is 1. The molecule has 94 valence electrons. The van der Waals surface area contributed by atoms with E-state index in [1.807, 2.05) is 19.3 Å². The van der Waals surface area contributed by atoms with Gasteiger partial charge in [-0.15, -0.1) is 0 Å². The Morgan fingerprint density at radius 3 is 3.00 bits per heavy atom. The van der Waals surface area contributed by atoms with Crippen LogP contribution >= 0.6 is 0 Å². The lowest BCUT2D eigenvalue weighted by molar-refractivity contribution is -0.120. The van der Waals surface area contributed by atoms with Crippen molar-refractivity contribution in [1.29, 1.82) is 0 Å². The molecule has 0 aliphatic heterocycles. The molecule has 0 radical (unpaired) electrons. The number of nitrogens with one attached hydrogen (secondary N) is 2. The number of nitrogens with zero attached hydrogens (tertiary/aromatic N) is 2. The fraction of sp³-hybridized carbons (Fsp3) is 0.667. The third-order valence-electron chi connectivity index (χ3n) is 2.83. The van der Waals surface area contributed by atoms with Crippen LogP contribution in [-0.2, 0) is 18.3 Å². The molecule has 0 atom stereocenters. The van der Waals surface area contributed by atoms with Crippen LogP contribution in [0.25, 0.3) is 0 Å². The van der Waals surface area contributed by atoms with Gasteiger partial charge in [0.05, 0.1) is 5.69 Å². The van der Waals surface area contributed by atoms with Crippen molar-refractivity contribution >= 4 is 5.91 Å². The molecule has 2 rings (SSSR count). The minimum absolute atomic E-state index is 0.120. The first-order chi connectivity index (χ1) is 8.24. The van der Waals surface area contributed by atoms with Gasteiger partial charge in [0.25, 0.3) is 0 Å². The second kappa shape index (κ2) is 5.82. The molecule has 1 aromatic heterocycles. The minimum Gasteiger partial charge on any atom is -0.356 e. The Hall–Kier alpha value is -1.36. The van der Waals surface area contributed by atoms with E-state index < -0.39 is 0 Å². The Morgan fingerprint density at radius 1 is 1.53 bits per heavy atom. The van der Waals surface area contributed by atoms with Gasteiger partial charge in [-0.1, -0.05) is 0 Å². The summed E-state index contributed by atoms with van der Waals surface area (Å²) in [7, 11) is 1.89. The van der Waals surface area contributed by atoms with Gasteiger partial charge in [0.2, 0.25) is 5.91 Å². The lowest BCUT2D eigenvalue weighted by Gasteiger charge is -2.04. The van der Waals surface area contributed by atoms with E-state index in [1.165, 1.54) is 12.8 Å². The first-order valence-electron chi connectivity index (χ1n) is 6.22. The van der Waals surface area contributed by atoms with Crippen molar-refractivity contribution in [3.63, 3.8) is 0 Å². The molecular formula is C12H20N4O. The minimum atomic E-state index is 0.120. The molecule has 1 saturated carbocycles. The highest BCUT2D eigenvalue weighted by Gasteiger charge is 2.19. The third-order valence-corrected chi connectivity index (χ3v) is 2.83. The van der Waals surface area contributed by atoms with Gasteiger partial charge in [0.1, 0.15) is 0 Å². The van der Waals surface area contributed by atoms with Gasteiger partial charge in [0, 0.05) is 45.2 Å². The highest BCUT2D eigenvalue weighted by molar-refractivity contribution is 5.76. The third kappa shape index (κ3) is 4.56. The van der Waals surface area contributed by atoms with Crippen LogP contribution in [0.5, 0.6) is 0 Å². The maximum absolute atomic E-state index is 11.5. The SMILES string of the molecule is Cn1ccc(CCNC(=O)CCNC2CC2)n1. The van der Waals surface area contributed by atoms with E-state index in [2.05, 4.69) is 15.7 Å². The fourth-order valence-corrected chi connectivity index (χ4v) is 1.69. The molecule has 17 heavy (non-hydrogen) atoms. The molecule has 1 fully saturated rings. The standard InChI is InChI=1S/C12H20N4O/c1-16-9-6-11(15-16)4-7-14-12(17)5-8-13-10-2-3-10/h6,9-10,13H,2-5,7-8H2,1H3,(H,14,17). The largest absolute Gasteiger partial charge is 0.356 e. The summed E-state index contributed by atoms with van der Waals surface area (Å²) >= 11 is 0. The average molecular weight is 236 g/mol. The molecule has 0 aromatic carbocycles. The van der Waals surface area contributed by atoms with Crippen molar-refractivity contribution in [2.75, 3.05) is 13.1 Å². The Kier molecular flexibility index (Phi) is 4.14. The second-order valence-electron chi connectivity index (χ2n) is 4.56. The Bertz CT molecular complexity index is 370. The Labute approximate surface area is 102 Å². The molecule has 1 heterocycles. The number of aryl methyl sites for hydroxylation is 1. The molecule has 0 saturated heterocycles. The summed E-state index contributed by atoms with van der Waals surface area (Å²) in [4.78, 5) is 11.5. The van der Waals surface area contributed by atoms with Crippen LogP contribution in [0.2, 0.25) is 0 Å². The zero-order valence-electron chi connectivity index (χ0n) is 10.3. The molecule has 5 nitrogen and oxygen atoms in total. The quantitative estimate of drug-likeness (QED) is 0.712. The maximum Gasteiger partial charge on any atom is 0.221 e. The molecule has 1 amide bonds. The van der Waals surface area contributed by atoms with Crippen LogP contribution in [0, 0.1) is 0 Å². The zero-order valence-corrected chi connectivity index (χ0v) is 10.3. The van der Waals surface area contributed by atoms with Gasteiger partial charge in [-0.3, -0.25) is 9.48 Å². The lowest BCUT2D eigenvalue weighted by Crippen LogP contribution is -2.29. The maximum atomic E-state index is 11.5. The molecule has 0 bridgehead atoms. The summed E-state index contributed by atoms with van der Waals surface area (Å²) in [6, 6.07) is 2.65. The zero-order chi connectivity index (χ0) is 12.1. The number of amides is 1. The number of hydrogen-bond donors (Lipinski definition) is 2. The van der Waals surface area contributed by atoms with Gasteiger partial charge in [-0.05, 0) is 18.9 Å². The summed E-state index contributed by atoms with van der Waals surface area (Å²) < 4.78 is 1.77. The molecule has 2 N–H and O–H groups in total. The normalized spacial score (nSPS) is 14.9. The van der Waals surface area contributed by atoms with Gasteiger partial charge in [-0.25, -0.2) is 0 Å². The highest BCUT2D eigenvalue weighted by Crippen LogP contribution is 2.18. The molecule has 1 aromatic rings. The van der Waals surface area contributed by atoms with Crippen LogP contribution < -0.4 is 10.6 Å². The average Bonchev–Trinajstić information content (AvgIpc) is 3.02. The van der Waals surface area contributed by atoms with Crippen molar-refractivity contribution in [3.05, 3.63) is 18.0 Å². The van der Waals surface area contributed by atoms with E-state index in [1.54, 1.807) is 4.68 Å². The predicted octanol–water partition coefficient (Wildman–Crippen LogP) is 0.221. The van der Waals surface area contributed by atoms with Crippen LogP contribution in [0.4, 0.5) is 0 Å². The predicted molar refractivity (Wildman–Crippen MR) is 65.6 cm³/mol. The van der Waals surface area contributed by atoms with E-state index in [9.17, 15) is 4.79 Å². The van der Waals surface area contributed by atoms with E-state index >= 15 is 0 Å². The van der Waals surface area contributed by atoms with Crippen molar-refractivity contribution < 1.29 is 4.79 Å². The van der Waals surface area contributed by atoms with Crippen LogP contribution in [0.3, 0.4) is 0 Å². The molecule has 0 unspecified atom stereocenters. The molecule has 0 spiro atoms. The van der Waals surface area contributed by atoms with Crippen molar-refractivity contribution in [3.8, 4) is 0 Å². The highest BCUT2D eigenvalue weighted by atomic mass is 16.1. The summed E-state index contributed by atoms with van der Waals surface area (Å²) in [5.41, 5.74) is 1.02. The Morgan fingerprint density at radius 2 is 2.35 bits per heavy atom. The first-order valence-corrected chi connectivity index (χ1v) is 6.22. The Balaban J connectivity index is 1.53. The smallest absolute Gasteiger partial charge is 0.221 e. The van der Waals surface area contributed by atoms with E-state index in [-0.39, 0.29) is 5.91 Å². The van der Waals surface area contributed by atoms with Crippen LogP contribution in [-0.4, -0.2) is 34.8 Å². The number of hydrogen-bond acceptors (Lipinski definition) is 3. The van der Waals surface area contributed by atoms with Gasteiger partial charge in [0.15, 0.2) is 0 Å². The van der Waals surface area contributed by atoms with Gasteiger partial charge < -0.3 is 10.6 Å². The molecule has 1 aliphatic rings. The van der Waals surface area contributed by atoms with Gasteiger partial charge >= 0.3 is 0 Å². The second-order valence-corrected chi connectivity index (χ2v) is 4.56. The number of aromatic nitrogens is 2. The monoisotopic (exact) mass is 236 g/mol. The molecule has 1 aliphatic carbocycles. The van der Waals surface area contributed by atoms with E-state index in [4.69, 9.17) is 0 Å². The summed E-state index contributed by atoms with van der Waals surface area (Å²) in [6.07, 6.45) is 5.81. The van der Waals surface area contributed by atoms with E-state index in [0.29, 0.717) is 19.0 Å². The van der Waals surface area contributed by atoms with Crippen molar-refractivity contribution in [2.45, 2.75) is 31.7 Å². The summed E-state index contributed by atoms with van der Waals surface area (Å²) in [5.74, 6) is 0.120. The van der Waals surface area contributed by atoms with Crippen molar-refractivity contribution in [2.24, 2.45) is 7.05 Å². The molecule has 5 heteroatoms. The lowest BCUT2D eigenvalue weighted by atomic mass is 10.3. The topological polar surface area (TPSA) is 59.0 Å². The van der Waals surface area contributed by atoms with Crippen LogP contribution in [0.15, 0.2) is 12.3 Å². The number of rotatable bonds is 7. The fourth-order valence-electron chi connectivity index (χ4n) is 1.69. The molecular weight excluding hydrogens is 216 g/mol. The van der Waals surface area contributed by atoms with E-state index in [0.717, 1.165) is 18.7 Å². The van der Waals surface area contributed by atoms with Crippen molar-refractivity contribution in [1.82, 2.24) is 20.4 Å². The number of carbonyl (C=O) groups excluding carboxylic acids is 1. The summed E-state index contributed by atoms with van der Waals surface area (Å²) in [6.45, 7) is 1.46. The van der Waals surface area contributed by atoms with Gasteiger partial charge in [-0.2, -0.15) is 5.10 Å². The summed E-state index contributed by atoms with van der Waals surface area (Å²) in [5, 5.41) is 10.5. The first kappa shape index (κ1) is 12.1. The van der Waals surface area contributed by atoms with Crippen LogP contribution in [0.1, 0.15) is 25.0 Å².